The number of hydrogen-bond donors (Lipinski definition) is 0. The molecule has 0 N–H and O–H groups in total. The minimum absolute atomic E-state index is 0.244. The number of allylic oxidation sites excluding steroid dienone is 2. The molecule has 0 saturated carbocycles. The maximum Gasteiger partial charge on any atom is 0.0937 e. The van der Waals surface area contributed by atoms with Gasteiger partial charge in [0.1, 0.15) is 0 Å². The van der Waals surface area contributed by atoms with Crippen LogP contribution in [-0.2, 0) is 4.74 Å². The van der Waals surface area contributed by atoms with E-state index in [1.54, 1.807) is 0 Å². The van der Waals surface area contributed by atoms with Gasteiger partial charge in [-0.3, -0.25) is 0 Å². The fraction of sp³-hybridized carbons (Fsp3) is 0.556. The van der Waals surface area contributed by atoms with Gasteiger partial charge in [0.25, 0.3) is 0 Å². The lowest BCUT2D eigenvalue weighted by Gasteiger charge is -2.10. The van der Waals surface area contributed by atoms with E-state index in [0.717, 1.165) is 19.4 Å². The molecular formula is C9H14O. The zero-order valence-electron chi connectivity index (χ0n) is 6.42. The minimum atomic E-state index is 0.244. The van der Waals surface area contributed by atoms with Crippen LogP contribution < -0.4 is 0 Å². The van der Waals surface area contributed by atoms with Crippen LogP contribution in [0.5, 0.6) is 0 Å². The van der Waals surface area contributed by atoms with E-state index in [1.807, 2.05) is 0 Å². The van der Waals surface area contributed by atoms with Gasteiger partial charge in [0.2, 0.25) is 0 Å². The largest absolute Gasteiger partial charge is 0.370 e. The highest BCUT2D eigenvalue weighted by Crippen LogP contribution is 2.05. The van der Waals surface area contributed by atoms with Crippen molar-refractivity contribution < 1.29 is 4.74 Å². The van der Waals surface area contributed by atoms with Crippen molar-refractivity contribution in [3.8, 4) is 0 Å². The molecule has 0 aromatic heterocycles. The van der Waals surface area contributed by atoms with Crippen LogP contribution in [0.15, 0.2) is 24.3 Å². The van der Waals surface area contributed by atoms with Crippen molar-refractivity contribution >= 4 is 0 Å². The van der Waals surface area contributed by atoms with E-state index >= 15 is 0 Å². The monoisotopic (exact) mass is 138 g/mol. The Hall–Kier alpha value is -0.560. The van der Waals surface area contributed by atoms with E-state index in [1.165, 1.54) is 0 Å². The molecular weight excluding hydrogens is 124 g/mol. The van der Waals surface area contributed by atoms with Crippen LogP contribution in [-0.4, -0.2) is 12.7 Å². The first-order chi connectivity index (χ1) is 4.93. The molecule has 0 radical (unpaired) electrons. The molecule has 1 aliphatic rings. The lowest BCUT2D eigenvalue weighted by atomic mass is 10.2. The Kier molecular flexibility index (Phi) is 3.23. The average Bonchev–Trinajstić information content (AvgIpc) is 2.03. The highest BCUT2D eigenvalue weighted by Gasteiger charge is 2.00. The third-order valence-corrected chi connectivity index (χ3v) is 1.44. The quantitative estimate of drug-likeness (QED) is 0.544. The predicted molar refractivity (Wildman–Crippen MR) is 42.9 cm³/mol. The summed E-state index contributed by atoms with van der Waals surface area (Å²) in [5.74, 6) is 0. The van der Waals surface area contributed by atoms with Crippen LogP contribution in [0.4, 0.5) is 0 Å². The molecule has 0 amide bonds. The highest BCUT2D eigenvalue weighted by molar-refractivity contribution is 5.10. The molecule has 0 unspecified atom stereocenters. The van der Waals surface area contributed by atoms with E-state index in [0.29, 0.717) is 0 Å². The van der Waals surface area contributed by atoms with Crippen molar-refractivity contribution in [2.75, 3.05) is 6.61 Å². The molecule has 1 rings (SSSR count). The molecule has 0 bridgehead atoms. The highest BCUT2D eigenvalue weighted by atomic mass is 16.5. The summed E-state index contributed by atoms with van der Waals surface area (Å²) in [4.78, 5) is 0. The van der Waals surface area contributed by atoms with E-state index in [-0.39, 0.29) is 6.10 Å². The fourth-order valence-electron chi connectivity index (χ4n) is 0.933. The van der Waals surface area contributed by atoms with Gasteiger partial charge in [0.05, 0.1) is 6.10 Å². The van der Waals surface area contributed by atoms with Crippen molar-refractivity contribution in [1.29, 1.82) is 0 Å². The van der Waals surface area contributed by atoms with Crippen LogP contribution in [0.1, 0.15) is 19.8 Å². The van der Waals surface area contributed by atoms with Gasteiger partial charge in [-0.2, -0.15) is 0 Å². The maximum absolute atomic E-state index is 5.46. The first kappa shape index (κ1) is 7.55. The lowest BCUT2D eigenvalue weighted by molar-refractivity contribution is 0.115. The average molecular weight is 138 g/mol. The second-order valence-electron chi connectivity index (χ2n) is 2.43. The van der Waals surface area contributed by atoms with Gasteiger partial charge in [0, 0.05) is 6.61 Å². The van der Waals surface area contributed by atoms with Crippen LogP contribution in [0, 0.1) is 0 Å². The molecule has 1 aliphatic carbocycles. The molecule has 0 aliphatic heterocycles. The zero-order chi connectivity index (χ0) is 7.23. The molecule has 0 aromatic carbocycles. The van der Waals surface area contributed by atoms with E-state index in [9.17, 15) is 0 Å². The minimum Gasteiger partial charge on any atom is -0.370 e. The first-order valence-corrected chi connectivity index (χ1v) is 3.88. The normalized spacial score (nSPS) is 18.1. The second kappa shape index (κ2) is 4.29. The van der Waals surface area contributed by atoms with Crippen molar-refractivity contribution in [3.05, 3.63) is 24.3 Å². The molecule has 0 spiro atoms. The zero-order valence-corrected chi connectivity index (χ0v) is 6.42. The topological polar surface area (TPSA) is 9.23 Å². The van der Waals surface area contributed by atoms with Crippen LogP contribution in [0.2, 0.25) is 0 Å². The number of ether oxygens (including phenoxy) is 1. The fourth-order valence-corrected chi connectivity index (χ4v) is 0.933. The first-order valence-electron chi connectivity index (χ1n) is 3.88. The summed E-state index contributed by atoms with van der Waals surface area (Å²) in [6.45, 7) is 2.98. The van der Waals surface area contributed by atoms with Crippen molar-refractivity contribution in [2.24, 2.45) is 0 Å². The SMILES string of the molecule is CCCOC1C=CCC=C1. The van der Waals surface area contributed by atoms with Gasteiger partial charge in [0.15, 0.2) is 0 Å². The third-order valence-electron chi connectivity index (χ3n) is 1.44. The Labute approximate surface area is 62.4 Å². The van der Waals surface area contributed by atoms with Gasteiger partial charge >= 0.3 is 0 Å². The maximum atomic E-state index is 5.46. The van der Waals surface area contributed by atoms with E-state index in [4.69, 9.17) is 4.74 Å². The van der Waals surface area contributed by atoms with Gasteiger partial charge in [-0.15, -0.1) is 0 Å². The molecule has 10 heavy (non-hydrogen) atoms. The van der Waals surface area contributed by atoms with Crippen LogP contribution >= 0.6 is 0 Å². The Bertz CT molecular complexity index is 124. The van der Waals surface area contributed by atoms with E-state index in [2.05, 4.69) is 31.2 Å². The molecule has 0 fully saturated rings. The standard InChI is InChI=1S/C9H14O/c1-2-8-10-9-6-4-3-5-7-9/h4-7,9H,2-3,8H2,1H3. The molecule has 56 valence electrons. The van der Waals surface area contributed by atoms with Gasteiger partial charge in [-0.1, -0.05) is 31.2 Å². The summed E-state index contributed by atoms with van der Waals surface area (Å²) in [6, 6.07) is 0. The van der Waals surface area contributed by atoms with Crippen LogP contribution in [0.3, 0.4) is 0 Å². The van der Waals surface area contributed by atoms with Crippen molar-refractivity contribution in [1.82, 2.24) is 0 Å². The second-order valence-corrected chi connectivity index (χ2v) is 2.43. The van der Waals surface area contributed by atoms with Crippen molar-refractivity contribution in [2.45, 2.75) is 25.9 Å². The van der Waals surface area contributed by atoms with Crippen molar-refractivity contribution in [3.63, 3.8) is 0 Å². The smallest absolute Gasteiger partial charge is 0.0937 e. The molecule has 0 atom stereocenters. The predicted octanol–water partition coefficient (Wildman–Crippen LogP) is 2.30. The molecule has 0 heterocycles. The summed E-state index contributed by atoms with van der Waals surface area (Å²) >= 11 is 0. The van der Waals surface area contributed by atoms with Gasteiger partial charge in [-0.05, 0) is 12.8 Å². The summed E-state index contributed by atoms with van der Waals surface area (Å²) < 4.78 is 5.46. The molecule has 1 heteroatoms. The number of hydrogen-bond acceptors (Lipinski definition) is 1. The Morgan fingerprint density at radius 2 is 2.10 bits per heavy atom. The van der Waals surface area contributed by atoms with Crippen LogP contribution in [0.25, 0.3) is 0 Å². The van der Waals surface area contributed by atoms with E-state index < -0.39 is 0 Å². The summed E-state index contributed by atoms with van der Waals surface area (Å²) in [7, 11) is 0. The summed E-state index contributed by atoms with van der Waals surface area (Å²) in [6.07, 6.45) is 10.9. The Morgan fingerprint density at radius 1 is 1.40 bits per heavy atom. The lowest BCUT2D eigenvalue weighted by Crippen LogP contribution is -2.08. The summed E-state index contributed by atoms with van der Waals surface area (Å²) in [5.41, 5.74) is 0. The Balaban J connectivity index is 2.20. The summed E-state index contributed by atoms with van der Waals surface area (Å²) in [5, 5.41) is 0. The molecule has 0 aromatic rings. The number of rotatable bonds is 3. The third kappa shape index (κ3) is 2.36. The van der Waals surface area contributed by atoms with Gasteiger partial charge < -0.3 is 4.74 Å². The Morgan fingerprint density at radius 3 is 2.70 bits per heavy atom. The van der Waals surface area contributed by atoms with Gasteiger partial charge in [-0.25, -0.2) is 0 Å². The molecule has 1 nitrogen and oxygen atoms in total. The molecule has 0 saturated heterocycles.